The fourth-order valence-electron chi connectivity index (χ4n) is 3.64. The van der Waals surface area contributed by atoms with Gasteiger partial charge in [0, 0.05) is 23.1 Å². The standard InChI is InChI=1S/C27H21N5O5S2/c1-17-14-15-28-27(29-17)32-39(35,36)19-12-10-18(11-13-19)30-24(33)16-37-26(34)21-7-3-2-6-20(21)25-31-22-8-4-5-9-23(22)38-25/h2-15H,16H2,1H3,(H,30,33)(H,28,29,32). The summed E-state index contributed by atoms with van der Waals surface area (Å²) in [5.41, 5.74) is 2.69. The zero-order chi connectivity index (χ0) is 27.4. The van der Waals surface area contributed by atoms with Crippen LogP contribution >= 0.6 is 11.3 Å². The van der Waals surface area contributed by atoms with Gasteiger partial charge in [-0.3, -0.25) is 4.79 Å². The van der Waals surface area contributed by atoms with Gasteiger partial charge in [0.05, 0.1) is 20.7 Å². The molecule has 39 heavy (non-hydrogen) atoms. The van der Waals surface area contributed by atoms with E-state index in [9.17, 15) is 18.0 Å². The summed E-state index contributed by atoms with van der Waals surface area (Å²) in [6.07, 6.45) is 1.45. The van der Waals surface area contributed by atoms with Crippen molar-refractivity contribution in [2.75, 3.05) is 16.6 Å². The molecule has 0 atom stereocenters. The lowest BCUT2D eigenvalue weighted by Crippen LogP contribution is -2.21. The first kappa shape index (κ1) is 25.9. The van der Waals surface area contributed by atoms with E-state index in [1.165, 1.54) is 41.8 Å². The fourth-order valence-corrected chi connectivity index (χ4v) is 5.59. The van der Waals surface area contributed by atoms with Gasteiger partial charge in [-0.1, -0.05) is 30.3 Å². The number of esters is 1. The summed E-state index contributed by atoms with van der Waals surface area (Å²) in [5, 5.41) is 3.26. The molecule has 2 N–H and O–H groups in total. The summed E-state index contributed by atoms with van der Waals surface area (Å²) in [6.45, 7) is 1.19. The van der Waals surface area contributed by atoms with Gasteiger partial charge in [0.25, 0.3) is 15.9 Å². The van der Waals surface area contributed by atoms with Gasteiger partial charge in [0.1, 0.15) is 5.01 Å². The highest BCUT2D eigenvalue weighted by atomic mass is 32.2. The highest BCUT2D eigenvalue weighted by Gasteiger charge is 2.19. The number of nitrogens with one attached hydrogen (secondary N) is 2. The van der Waals surface area contributed by atoms with Gasteiger partial charge in [-0.05, 0) is 55.5 Å². The van der Waals surface area contributed by atoms with Gasteiger partial charge in [0.2, 0.25) is 5.95 Å². The van der Waals surface area contributed by atoms with Crippen LogP contribution < -0.4 is 10.0 Å². The maximum Gasteiger partial charge on any atom is 0.339 e. The maximum absolute atomic E-state index is 12.8. The number of aryl methyl sites for hydroxylation is 1. The average Bonchev–Trinajstić information content (AvgIpc) is 3.36. The van der Waals surface area contributed by atoms with Crippen molar-refractivity contribution in [1.29, 1.82) is 0 Å². The van der Waals surface area contributed by atoms with Crippen LogP contribution in [0.1, 0.15) is 16.1 Å². The van der Waals surface area contributed by atoms with Gasteiger partial charge >= 0.3 is 5.97 Å². The normalized spacial score (nSPS) is 11.2. The van der Waals surface area contributed by atoms with E-state index in [1.54, 1.807) is 37.3 Å². The SMILES string of the molecule is Cc1ccnc(NS(=O)(=O)c2ccc(NC(=O)COC(=O)c3ccccc3-c3nc4ccccc4s3)cc2)n1. The van der Waals surface area contributed by atoms with Gasteiger partial charge in [-0.25, -0.2) is 32.9 Å². The van der Waals surface area contributed by atoms with Crippen molar-refractivity contribution in [3.63, 3.8) is 0 Å². The molecule has 5 aromatic rings. The van der Waals surface area contributed by atoms with Crippen molar-refractivity contribution >= 4 is 55.1 Å². The number of carbonyl (C=O) groups is 2. The molecule has 0 spiro atoms. The zero-order valence-corrected chi connectivity index (χ0v) is 22.1. The third kappa shape index (κ3) is 6.08. The molecule has 1 amide bonds. The number of amides is 1. The Labute approximate surface area is 227 Å². The molecular formula is C27H21N5O5S2. The number of para-hydroxylation sites is 1. The van der Waals surface area contributed by atoms with Crippen LogP contribution in [0.25, 0.3) is 20.8 Å². The molecule has 10 nitrogen and oxygen atoms in total. The number of carbonyl (C=O) groups excluding carboxylic acids is 2. The fraction of sp³-hybridized carbons (Fsp3) is 0.0741. The number of benzene rings is 3. The van der Waals surface area contributed by atoms with Crippen molar-refractivity contribution in [2.24, 2.45) is 0 Å². The quantitative estimate of drug-likeness (QED) is 0.262. The van der Waals surface area contributed by atoms with Gasteiger partial charge in [0.15, 0.2) is 6.61 Å². The predicted molar refractivity (Wildman–Crippen MR) is 148 cm³/mol. The highest BCUT2D eigenvalue weighted by Crippen LogP contribution is 2.32. The van der Waals surface area contributed by atoms with Crippen molar-refractivity contribution in [3.8, 4) is 10.6 Å². The van der Waals surface area contributed by atoms with Crippen LogP contribution in [-0.2, 0) is 19.6 Å². The lowest BCUT2D eigenvalue weighted by atomic mass is 10.1. The first-order chi connectivity index (χ1) is 18.8. The van der Waals surface area contributed by atoms with Crippen molar-refractivity contribution in [3.05, 3.63) is 96.3 Å². The average molecular weight is 560 g/mol. The summed E-state index contributed by atoms with van der Waals surface area (Å²) in [5.74, 6) is -1.28. The predicted octanol–water partition coefficient (Wildman–Crippen LogP) is 4.66. The number of rotatable bonds is 8. The van der Waals surface area contributed by atoms with E-state index in [1.807, 2.05) is 24.3 Å². The molecular weight excluding hydrogens is 538 g/mol. The lowest BCUT2D eigenvalue weighted by molar-refractivity contribution is -0.119. The molecule has 2 heterocycles. The molecule has 0 saturated heterocycles. The summed E-state index contributed by atoms with van der Waals surface area (Å²) in [7, 11) is -3.92. The number of nitrogens with zero attached hydrogens (tertiary/aromatic N) is 3. The Kier molecular flexibility index (Phi) is 7.30. The number of sulfonamides is 1. The van der Waals surface area contributed by atoms with E-state index in [0.717, 1.165) is 10.2 Å². The smallest absolute Gasteiger partial charge is 0.339 e. The molecule has 12 heteroatoms. The molecule has 0 bridgehead atoms. The number of hydrogen-bond donors (Lipinski definition) is 2. The van der Waals surface area contributed by atoms with Crippen LogP contribution in [0.15, 0.2) is 90.0 Å². The first-order valence-electron chi connectivity index (χ1n) is 11.6. The lowest BCUT2D eigenvalue weighted by Gasteiger charge is -2.10. The first-order valence-corrected chi connectivity index (χ1v) is 13.9. The Bertz CT molecular complexity index is 1750. The molecule has 0 aliphatic carbocycles. The molecule has 196 valence electrons. The van der Waals surface area contributed by atoms with Gasteiger partial charge in [-0.2, -0.15) is 0 Å². The molecule has 0 aliphatic rings. The van der Waals surface area contributed by atoms with Crippen LogP contribution in [0.4, 0.5) is 11.6 Å². The second kappa shape index (κ2) is 11.0. The molecule has 3 aromatic carbocycles. The molecule has 0 aliphatic heterocycles. The summed E-state index contributed by atoms with van der Waals surface area (Å²) in [4.78, 5) is 37.7. The van der Waals surface area contributed by atoms with Crippen molar-refractivity contribution in [1.82, 2.24) is 15.0 Å². The highest BCUT2D eigenvalue weighted by molar-refractivity contribution is 7.92. The Hall–Kier alpha value is -4.68. The van der Waals surface area contributed by atoms with Gasteiger partial charge in [-0.15, -0.1) is 11.3 Å². The van der Waals surface area contributed by atoms with E-state index >= 15 is 0 Å². The van der Waals surface area contributed by atoms with E-state index < -0.39 is 28.5 Å². The number of fused-ring (bicyclic) bond motifs is 1. The van der Waals surface area contributed by atoms with Crippen LogP contribution in [0.3, 0.4) is 0 Å². The maximum atomic E-state index is 12.8. The van der Waals surface area contributed by atoms with E-state index in [0.29, 0.717) is 27.5 Å². The Morgan fingerprint density at radius 3 is 2.44 bits per heavy atom. The number of hydrogen-bond acceptors (Lipinski definition) is 9. The minimum absolute atomic E-state index is 0.0384. The van der Waals surface area contributed by atoms with E-state index in [4.69, 9.17) is 4.74 Å². The number of thiazole rings is 1. The summed E-state index contributed by atoms with van der Waals surface area (Å²) < 4.78 is 33.8. The summed E-state index contributed by atoms with van der Waals surface area (Å²) in [6, 6.07) is 21.7. The van der Waals surface area contributed by atoms with Crippen LogP contribution in [0.2, 0.25) is 0 Å². The largest absolute Gasteiger partial charge is 0.452 e. The third-order valence-electron chi connectivity index (χ3n) is 5.47. The third-order valence-corrected chi connectivity index (χ3v) is 7.89. The van der Waals surface area contributed by atoms with Crippen LogP contribution in [0.5, 0.6) is 0 Å². The molecule has 2 aromatic heterocycles. The number of anilines is 2. The number of ether oxygens (including phenoxy) is 1. The van der Waals surface area contributed by atoms with Crippen molar-refractivity contribution in [2.45, 2.75) is 11.8 Å². The molecule has 0 saturated carbocycles. The molecule has 5 rings (SSSR count). The number of aromatic nitrogens is 3. The Morgan fingerprint density at radius 1 is 0.923 bits per heavy atom. The van der Waals surface area contributed by atoms with E-state index in [-0.39, 0.29) is 10.8 Å². The van der Waals surface area contributed by atoms with Gasteiger partial charge < -0.3 is 10.1 Å². The molecule has 0 unspecified atom stereocenters. The second-order valence-electron chi connectivity index (χ2n) is 8.31. The zero-order valence-electron chi connectivity index (χ0n) is 20.5. The summed E-state index contributed by atoms with van der Waals surface area (Å²) >= 11 is 1.46. The van der Waals surface area contributed by atoms with Crippen molar-refractivity contribution < 1.29 is 22.7 Å². The second-order valence-corrected chi connectivity index (χ2v) is 11.0. The molecule has 0 fully saturated rings. The minimum atomic E-state index is -3.92. The van der Waals surface area contributed by atoms with Crippen LogP contribution in [0, 0.1) is 6.92 Å². The molecule has 0 radical (unpaired) electrons. The Morgan fingerprint density at radius 2 is 1.67 bits per heavy atom. The van der Waals surface area contributed by atoms with E-state index in [2.05, 4.69) is 25.0 Å². The Balaban J connectivity index is 1.21. The monoisotopic (exact) mass is 559 g/mol. The topological polar surface area (TPSA) is 140 Å². The van der Waals surface area contributed by atoms with Crippen LogP contribution in [-0.4, -0.2) is 41.9 Å². The minimum Gasteiger partial charge on any atom is -0.452 e.